The molecule has 2 rings (SSSR count). The molecule has 0 bridgehead atoms. The molecule has 0 radical (unpaired) electrons. The molecule has 0 heterocycles. The number of hydrogen-bond acceptors (Lipinski definition) is 0. The quantitative estimate of drug-likeness (QED) is 0.596. The van der Waals surface area contributed by atoms with Crippen LogP contribution in [0.4, 0.5) is 0 Å². The molecule has 2 fully saturated rings. The number of rotatable bonds is 3. The first-order valence-corrected chi connectivity index (χ1v) is 8.56. The van der Waals surface area contributed by atoms with Crippen LogP contribution in [0.2, 0.25) is 0 Å². The Morgan fingerprint density at radius 3 is 1.83 bits per heavy atom. The minimum absolute atomic E-state index is 0.965. The summed E-state index contributed by atoms with van der Waals surface area (Å²) in [6, 6.07) is 0. The minimum atomic E-state index is 0.965. The number of hydrogen-bond donors (Lipinski definition) is 0. The maximum Gasteiger partial charge on any atom is -0.0352 e. The molecule has 0 aliphatic heterocycles. The molecular formula is C18H34. The van der Waals surface area contributed by atoms with E-state index in [4.69, 9.17) is 0 Å². The molecule has 7 unspecified atom stereocenters. The minimum Gasteiger partial charge on any atom is -0.0654 e. The van der Waals surface area contributed by atoms with Gasteiger partial charge in [0, 0.05) is 0 Å². The lowest BCUT2D eigenvalue weighted by Crippen LogP contribution is -2.37. The average molecular weight is 250 g/mol. The van der Waals surface area contributed by atoms with E-state index in [0.29, 0.717) is 0 Å². The van der Waals surface area contributed by atoms with E-state index in [2.05, 4.69) is 34.6 Å². The van der Waals surface area contributed by atoms with Crippen LogP contribution in [0.1, 0.15) is 73.1 Å². The molecule has 0 spiro atoms. The summed E-state index contributed by atoms with van der Waals surface area (Å²) in [6.07, 6.45) is 8.89. The van der Waals surface area contributed by atoms with Gasteiger partial charge in [-0.05, 0) is 54.3 Å². The summed E-state index contributed by atoms with van der Waals surface area (Å²) in [5.41, 5.74) is 0. The van der Waals surface area contributed by atoms with Crippen LogP contribution in [0.3, 0.4) is 0 Å². The van der Waals surface area contributed by atoms with Crippen LogP contribution >= 0.6 is 0 Å². The molecule has 0 N–H and O–H groups in total. The Kier molecular flexibility index (Phi) is 4.78. The maximum atomic E-state index is 2.54. The standard InChI is InChI=1S/C18H34/c1-6-7-16-14(4)13(3)9-11-18(16)17-10-8-12(2)15(17)5/h12-18H,6-11H2,1-5H3. The van der Waals surface area contributed by atoms with Crippen molar-refractivity contribution >= 4 is 0 Å². The van der Waals surface area contributed by atoms with E-state index in [0.717, 1.165) is 41.4 Å². The van der Waals surface area contributed by atoms with Crippen LogP contribution < -0.4 is 0 Å². The van der Waals surface area contributed by atoms with E-state index in [1.165, 1.54) is 38.5 Å². The van der Waals surface area contributed by atoms with Crippen molar-refractivity contribution in [3.63, 3.8) is 0 Å². The molecule has 0 aromatic carbocycles. The largest absolute Gasteiger partial charge is 0.0654 e. The molecular weight excluding hydrogens is 216 g/mol. The van der Waals surface area contributed by atoms with Gasteiger partial charge in [0.25, 0.3) is 0 Å². The highest BCUT2D eigenvalue weighted by molar-refractivity contribution is 4.92. The average Bonchev–Trinajstić information content (AvgIpc) is 2.67. The third-order valence-electron chi connectivity index (χ3n) is 6.78. The van der Waals surface area contributed by atoms with Gasteiger partial charge in [-0.3, -0.25) is 0 Å². The van der Waals surface area contributed by atoms with Gasteiger partial charge in [-0.2, -0.15) is 0 Å². The molecule has 0 aromatic rings. The summed E-state index contributed by atoms with van der Waals surface area (Å²) >= 11 is 0. The summed E-state index contributed by atoms with van der Waals surface area (Å²) in [5, 5.41) is 0. The molecule has 0 heteroatoms. The molecule has 0 nitrogen and oxygen atoms in total. The van der Waals surface area contributed by atoms with Crippen LogP contribution in [0, 0.1) is 41.4 Å². The van der Waals surface area contributed by atoms with E-state index in [-0.39, 0.29) is 0 Å². The zero-order chi connectivity index (χ0) is 13.3. The lowest BCUT2D eigenvalue weighted by Gasteiger charge is -2.44. The van der Waals surface area contributed by atoms with Crippen molar-refractivity contribution in [2.75, 3.05) is 0 Å². The molecule has 0 amide bonds. The topological polar surface area (TPSA) is 0 Å². The fourth-order valence-corrected chi connectivity index (χ4v) is 5.09. The van der Waals surface area contributed by atoms with Gasteiger partial charge in [-0.15, -0.1) is 0 Å². The van der Waals surface area contributed by atoms with E-state index < -0.39 is 0 Å². The summed E-state index contributed by atoms with van der Waals surface area (Å²) in [7, 11) is 0. The Morgan fingerprint density at radius 2 is 1.28 bits per heavy atom. The summed E-state index contributed by atoms with van der Waals surface area (Å²) in [6.45, 7) is 12.4. The van der Waals surface area contributed by atoms with Gasteiger partial charge >= 0.3 is 0 Å². The molecule has 2 saturated carbocycles. The zero-order valence-electron chi connectivity index (χ0n) is 13.3. The van der Waals surface area contributed by atoms with Crippen LogP contribution in [0.15, 0.2) is 0 Å². The zero-order valence-corrected chi connectivity index (χ0v) is 13.3. The first kappa shape index (κ1) is 14.4. The molecule has 2 aliphatic carbocycles. The Bertz CT molecular complexity index is 257. The monoisotopic (exact) mass is 250 g/mol. The van der Waals surface area contributed by atoms with E-state index in [1.807, 2.05) is 0 Å². The van der Waals surface area contributed by atoms with Crippen molar-refractivity contribution in [1.29, 1.82) is 0 Å². The first-order valence-electron chi connectivity index (χ1n) is 8.56. The molecule has 0 saturated heterocycles. The van der Waals surface area contributed by atoms with Crippen LogP contribution in [-0.4, -0.2) is 0 Å². The van der Waals surface area contributed by atoms with E-state index in [1.54, 1.807) is 0 Å². The second kappa shape index (κ2) is 5.97. The van der Waals surface area contributed by atoms with Gasteiger partial charge in [0.15, 0.2) is 0 Å². The normalized spacial score (nSPS) is 49.5. The smallest absolute Gasteiger partial charge is 0.0352 e. The predicted molar refractivity (Wildman–Crippen MR) is 80.5 cm³/mol. The Morgan fingerprint density at radius 1 is 0.722 bits per heavy atom. The molecule has 0 aromatic heterocycles. The van der Waals surface area contributed by atoms with Gasteiger partial charge in [0.2, 0.25) is 0 Å². The van der Waals surface area contributed by atoms with Gasteiger partial charge < -0.3 is 0 Å². The highest BCUT2D eigenvalue weighted by atomic mass is 14.5. The van der Waals surface area contributed by atoms with Crippen molar-refractivity contribution in [1.82, 2.24) is 0 Å². The van der Waals surface area contributed by atoms with Gasteiger partial charge in [0.1, 0.15) is 0 Å². The first-order chi connectivity index (χ1) is 8.56. The third-order valence-corrected chi connectivity index (χ3v) is 6.78. The van der Waals surface area contributed by atoms with Crippen molar-refractivity contribution < 1.29 is 0 Å². The molecule has 106 valence electrons. The van der Waals surface area contributed by atoms with Gasteiger partial charge in [-0.1, -0.05) is 60.3 Å². The highest BCUT2D eigenvalue weighted by Gasteiger charge is 2.42. The summed E-state index contributed by atoms with van der Waals surface area (Å²) in [5.74, 6) is 7.01. The second-order valence-corrected chi connectivity index (χ2v) is 7.61. The molecule has 18 heavy (non-hydrogen) atoms. The van der Waals surface area contributed by atoms with E-state index >= 15 is 0 Å². The van der Waals surface area contributed by atoms with Crippen molar-refractivity contribution in [2.45, 2.75) is 73.1 Å². The molecule has 2 aliphatic rings. The van der Waals surface area contributed by atoms with Crippen LogP contribution in [0.25, 0.3) is 0 Å². The fraction of sp³-hybridized carbons (Fsp3) is 1.00. The van der Waals surface area contributed by atoms with Crippen molar-refractivity contribution in [3.05, 3.63) is 0 Å². The lowest BCUT2D eigenvalue weighted by atomic mass is 9.61. The summed E-state index contributed by atoms with van der Waals surface area (Å²) in [4.78, 5) is 0. The Balaban J connectivity index is 2.09. The Hall–Kier alpha value is 0. The van der Waals surface area contributed by atoms with Crippen molar-refractivity contribution in [3.8, 4) is 0 Å². The SMILES string of the molecule is CCCC1C(C)C(C)CCC1C1CCC(C)C1C. The fourth-order valence-electron chi connectivity index (χ4n) is 5.09. The third kappa shape index (κ3) is 2.63. The van der Waals surface area contributed by atoms with E-state index in [9.17, 15) is 0 Å². The van der Waals surface area contributed by atoms with Crippen LogP contribution in [0.5, 0.6) is 0 Å². The second-order valence-electron chi connectivity index (χ2n) is 7.61. The maximum absolute atomic E-state index is 2.54. The predicted octanol–water partition coefficient (Wildman–Crippen LogP) is 5.77. The highest BCUT2D eigenvalue weighted by Crippen LogP contribution is 2.51. The van der Waals surface area contributed by atoms with Crippen LogP contribution in [-0.2, 0) is 0 Å². The Labute approximate surface area is 115 Å². The summed E-state index contributed by atoms with van der Waals surface area (Å²) < 4.78 is 0. The van der Waals surface area contributed by atoms with Gasteiger partial charge in [-0.25, -0.2) is 0 Å². The molecule has 7 atom stereocenters. The van der Waals surface area contributed by atoms with Crippen molar-refractivity contribution in [2.24, 2.45) is 41.4 Å². The van der Waals surface area contributed by atoms with Gasteiger partial charge in [0.05, 0.1) is 0 Å². The lowest BCUT2D eigenvalue weighted by molar-refractivity contribution is 0.0477.